The van der Waals surface area contributed by atoms with E-state index in [9.17, 15) is 13.2 Å². The van der Waals surface area contributed by atoms with Crippen molar-refractivity contribution in [1.82, 2.24) is 4.98 Å². The maximum Gasteiger partial charge on any atom is 0.418 e. The zero-order chi connectivity index (χ0) is 14.8. The number of halogens is 4. The fourth-order valence-electron chi connectivity index (χ4n) is 1.67. The van der Waals surface area contributed by atoms with Gasteiger partial charge in [0.1, 0.15) is 5.76 Å². The molecular weight excluding hydrogens is 337 g/mol. The van der Waals surface area contributed by atoms with E-state index in [4.69, 9.17) is 4.42 Å². The highest BCUT2D eigenvalue weighted by atomic mass is 79.9. The van der Waals surface area contributed by atoms with Crippen LogP contribution in [0.15, 0.2) is 33.3 Å². The lowest BCUT2D eigenvalue weighted by atomic mass is 10.1. The molecule has 108 valence electrons. The molecule has 7 heteroatoms. The Morgan fingerprint density at radius 2 is 2.10 bits per heavy atom. The summed E-state index contributed by atoms with van der Waals surface area (Å²) < 4.78 is 44.5. The van der Waals surface area contributed by atoms with Gasteiger partial charge >= 0.3 is 6.18 Å². The van der Waals surface area contributed by atoms with Crippen LogP contribution in [0.4, 0.5) is 18.9 Å². The summed E-state index contributed by atoms with van der Waals surface area (Å²) in [5.74, 6) is 1.06. The van der Waals surface area contributed by atoms with Gasteiger partial charge in [0, 0.05) is 16.6 Å². The molecule has 1 N–H and O–H groups in total. The van der Waals surface area contributed by atoms with Gasteiger partial charge in [-0.3, -0.25) is 0 Å². The third-order valence-electron chi connectivity index (χ3n) is 2.67. The van der Waals surface area contributed by atoms with Gasteiger partial charge in [0.25, 0.3) is 0 Å². The lowest BCUT2D eigenvalue weighted by Gasteiger charge is -2.14. The molecule has 0 saturated carbocycles. The van der Waals surface area contributed by atoms with Gasteiger partial charge in [0.05, 0.1) is 18.3 Å². The zero-order valence-electron chi connectivity index (χ0n) is 10.6. The number of rotatable bonds is 4. The number of hydrogen-bond acceptors (Lipinski definition) is 3. The Balaban J connectivity index is 2.18. The molecule has 0 amide bonds. The Morgan fingerprint density at radius 1 is 1.35 bits per heavy atom. The zero-order valence-corrected chi connectivity index (χ0v) is 12.2. The maximum atomic E-state index is 12.9. The van der Waals surface area contributed by atoms with Crippen LogP contribution in [0.25, 0.3) is 0 Å². The molecule has 0 fully saturated rings. The minimum atomic E-state index is -4.41. The molecule has 0 atom stereocenters. The number of aryl methyl sites for hydroxylation is 1. The second-order valence-electron chi connectivity index (χ2n) is 4.12. The molecule has 0 bridgehead atoms. The van der Waals surface area contributed by atoms with E-state index in [2.05, 4.69) is 26.2 Å². The lowest BCUT2D eigenvalue weighted by Crippen LogP contribution is -2.11. The van der Waals surface area contributed by atoms with Crippen LogP contribution < -0.4 is 5.32 Å². The Bertz CT molecular complexity index is 596. The van der Waals surface area contributed by atoms with Gasteiger partial charge in [-0.15, -0.1) is 0 Å². The fraction of sp³-hybridized carbons (Fsp3) is 0.308. The van der Waals surface area contributed by atoms with Crippen LogP contribution in [0.1, 0.15) is 24.1 Å². The number of aromatic nitrogens is 1. The normalized spacial score (nSPS) is 11.7. The second-order valence-corrected chi connectivity index (χ2v) is 5.03. The largest absolute Gasteiger partial charge is 0.444 e. The van der Waals surface area contributed by atoms with Crippen molar-refractivity contribution in [2.24, 2.45) is 0 Å². The van der Waals surface area contributed by atoms with E-state index in [1.807, 2.05) is 6.92 Å². The summed E-state index contributed by atoms with van der Waals surface area (Å²) in [6.45, 7) is 2.01. The molecule has 0 radical (unpaired) electrons. The molecule has 3 nitrogen and oxygen atoms in total. The molecule has 0 spiro atoms. The van der Waals surface area contributed by atoms with Crippen LogP contribution in [0.3, 0.4) is 0 Å². The fourth-order valence-corrected chi connectivity index (χ4v) is 2.04. The smallest absolute Gasteiger partial charge is 0.418 e. The van der Waals surface area contributed by atoms with Gasteiger partial charge in [0.2, 0.25) is 5.89 Å². The molecule has 20 heavy (non-hydrogen) atoms. The molecule has 0 aliphatic heterocycles. The van der Waals surface area contributed by atoms with Crippen molar-refractivity contribution < 1.29 is 17.6 Å². The first-order valence-corrected chi connectivity index (χ1v) is 6.73. The molecule has 2 rings (SSSR count). The lowest BCUT2D eigenvalue weighted by molar-refractivity contribution is -0.137. The van der Waals surface area contributed by atoms with E-state index in [0.717, 1.165) is 6.07 Å². The van der Waals surface area contributed by atoms with Crippen LogP contribution in [-0.2, 0) is 19.1 Å². The highest BCUT2D eigenvalue weighted by molar-refractivity contribution is 9.10. The maximum absolute atomic E-state index is 12.9. The number of benzene rings is 1. The minimum absolute atomic E-state index is 0.0110. The van der Waals surface area contributed by atoms with Gasteiger partial charge in [-0.25, -0.2) is 4.98 Å². The van der Waals surface area contributed by atoms with Crippen LogP contribution in [0.5, 0.6) is 0 Å². The van der Waals surface area contributed by atoms with Gasteiger partial charge in [-0.2, -0.15) is 13.2 Å². The van der Waals surface area contributed by atoms with Gasteiger partial charge in [-0.1, -0.05) is 22.9 Å². The molecule has 2 aromatic rings. The second kappa shape index (κ2) is 5.87. The van der Waals surface area contributed by atoms with Crippen molar-refractivity contribution in [2.45, 2.75) is 26.1 Å². The first-order valence-electron chi connectivity index (χ1n) is 5.94. The summed E-state index contributed by atoms with van der Waals surface area (Å²) in [6.07, 6.45) is -2.14. The summed E-state index contributed by atoms with van der Waals surface area (Å²) >= 11 is 3.16. The highest BCUT2D eigenvalue weighted by Gasteiger charge is 2.33. The quantitative estimate of drug-likeness (QED) is 0.875. The van der Waals surface area contributed by atoms with Crippen LogP contribution in [0, 0.1) is 0 Å². The minimum Gasteiger partial charge on any atom is -0.444 e. The third-order valence-corrected chi connectivity index (χ3v) is 3.16. The Kier molecular flexibility index (Phi) is 4.37. The summed E-state index contributed by atoms with van der Waals surface area (Å²) in [5.41, 5.74) is -0.730. The average molecular weight is 349 g/mol. The van der Waals surface area contributed by atoms with Crippen LogP contribution >= 0.6 is 15.9 Å². The standard InChI is InChI=1S/C13H12BrF3N2O/c1-2-9-6-19-12(20-9)7-18-11-5-8(14)3-4-10(11)13(15,16)17/h3-6,18H,2,7H2,1H3. The molecule has 0 unspecified atom stereocenters. The van der Waals surface area contributed by atoms with E-state index in [-0.39, 0.29) is 12.2 Å². The van der Waals surface area contributed by atoms with Crippen molar-refractivity contribution in [3.8, 4) is 0 Å². The molecule has 1 heterocycles. The summed E-state index contributed by atoms with van der Waals surface area (Å²) in [7, 11) is 0. The number of alkyl halides is 3. The summed E-state index contributed by atoms with van der Waals surface area (Å²) in [4.78, 5) is 3.99. The number of nitrogens with one attached hydrogen (secondary N) is 1. The SMILES string of the molecule is CCc1cnc(CNc2cc(Br)ccc2C(F)(F)F)o1. The molecule has 1 aromatic carbocycles. The third kappa shape index (κ3) is 3.53. The highest BCUT2D eigenvalue weighted by Crippen LogP contribution is 2.36. The molecule has 1 aromatic heterocycles. The van der Waals surface area contributed by atoms with E-state index < -0.39 is 11.7 Å². The number of nitrogens with zero attached hydrogens (tertiary/aromatic N) is 1. The average Bonchev–Trinajstić information content (AvgIpc) is 2.83. The van der Waals surface area contributed by atoms with Crippen LogP contribution in [-0.4, -0.2) is 4.98 Å². The summed E-state index contributed by atoms with van der Waals surface area (Å²) in [6, 6.07) is 3.76. The Hall–Kier alpha value is -1.50. The van der Waals surface area contributed by atoms with Gasteiger partial charge in [-0.05, 0) is 18.2 Å². The molecule has 0 aliphatic carbocycles. The van der Waals surface area contributed by atoms with E-state index in [1.54, 1.807) is 6.20 Å². The molecule has 0 saturated heterocycles. The van der Waals surface area contributed by atoms with E-state index in [1.165, 1.54) is 12.1 Å². The predicted octanol–water partition coefficient (Wildman–Crippen LogP) is 4.63. The van der Waals surface area contributed by atoms with Gasteiger partial charge < -0.3 is 9.73 Å². The first-order chi connectivity index (χ1) is 9.40. The van der Waals surface area contributed by atoms with E-state index >= 15 is 0 Å². The van der Waals surface area contributed by atoms with Crippen molar-refractivity contribution in [3.05, 3.63) is 46.1 Å². The Labute approximate surface area is 122 Å². The topological polar surface area (TPSA) is 38.1 Å². The van der Waals surface area contributed by atoms with Crippen LogP contribution in [0.2, 0.25) is 0 Å². The number of oxazole rings is 1. The summed E-state index contributed by atoms with van der Waals surface area (Å²) in [5, 5.41) is 2.71. The predicted molar refractivity (Wildman–Crippen MR) is 72.4 cm³/mol. The number of anilines is 1. The molecule has 0 aliphatic rings. The van der Waals surface area contributed by atoms with Crippen molar-refractivity contribution in [3.63, 3.8) is 0 Å². The van der Waals surface area contributed by atoms with Crippen molar-refractivity contribution in [2.75, 3.05) is 5.32 Å². The first kappa shape index (κ1) is 14.9. The monoisotopic (exact) mass is 348 g/mol. The van der Waals surface area contributed by atoms with Crippen molar-refractivity contribution >= 4 is 21.6 Å². The molecular formula is C13H12BrF3N2O. The van der Waals surface area contributed by atoms with Crippen molar-refractivity contribution in [1.29, 1.82) is 0 Å². The Morgan fingerprint density at radius 3 is 2.70 bits per heavy atom. The van der Waals surface area contributed by atoms with Gasteiger partial charge in [0.15, 0.2) is 0 Å². The number of hydrogen-bond donors (Lipinski definition) is 1. The van der Waals surface area contributed by atoms with E-state index in [0.29, 0.717) is 22.5 Å².